The van der Waals surface area contributed by atoms with Gasteiger partial charge in [0.05, 0.1) is 6.33 Å². The highest BCUT2D eigenvalue weighted by Crippen LogP contribution is 2.47. The molecule has 1 heterocycles. The van der Waals surface area contributed by atoms with Crippen molar-refractivity contribution in [3.05, 3.63) is 30.4 Å². The van der Waals surface area contributed by atoms with E-state index >= 15 is 0 Å². The second-order valence-corrected chi connectivity index (χ2v) is 6.30. The summed E-state index contributed by atoms with van der Waals surface area (Å²) in [5.74, 6) is 2.20. The van der Waals surface area contributed by atoms with Crippen molar-refractivity contribution in [1.29, 1.82) is 0 Å². The lowest BCUT2D eigenvalue weighted by molar-refractivity contribution is 0.329. The van der Waals surface area contributed by atoms with Crippen LogP contribution in [0.1, 0.15) is 56.6 Å². The molecule has 3 N–H and O–H groups in total. The zero-order valence-electron chi connectivity index (χ0n) is 11.6. The second kappa shape index (κ2) is 5.91. The van der Waals surface area contributed by atoms with Gasteiger partial charge in [-0.05, 0) is 24.7 Å². The Hall–Kier alpha value is -1.09. The molecule has 0 spiro atoms. The van der Waals surface area contributed by atoms with Crippen molar-refractivity contribution in [2.75, 3.05) is 0 Å². The molecular weight excluding hydrogens is 234 g/mol. The third-order valence-corrected chi connectivity index (χ3v) is 4.69. The number of H-pyrrole nitrogens is 1. The van der Waals surface area contributed by atoms with E-state index in [0.29, 0.717) is 11.8 Å². The lowest BCUT2D eigenvalue weighted by atomic mass is 9.85. The summed E-state index contributed by atoms with van der Waals surface area (Å²) in [5.41, 5.74) is 7.51. The molecule has 19 heavy (non-hydrogen) atoms. The maximum Gasteiger partial charge on any atom is 0.0921 e. The molecule has 1 aromatic heterocycles. The van der Waals surface area contributed by atoms with E-state index in [0.717, 1.165) is 5.92 Å². The van der Waals surface area contributed by atoms with E-state index in [1.54, 1.807) is 6.33 Å². The van der Waals surface area contributed by atoms with Crippen LogP contribution in [0.3, 0.4) is 0 Å². The summed E-state index contributed by atoms with van der Waals surface area (Å²) in [4.78, 5) is 7.29. The van der Waals surface area contributed by atoms with Gasteiger partial charge < -0.3 is 10.7 Å². The average molecular weight is 259 g/mol. The fourth-order valence-corrected chi connectivity index (χ4v) is 3.43. The van der Waals surface area contributed by atoms with Crippen molar-refractivity contribution in [3.63, 3.8) is 0 Å². The maximum absolute atomic E-state index is 6.24. The standard InChI is InChI=1S/C16H25N3/c17-14(8-12-4-2-1-3-5-12)7-6-13-9-15(13)16-10-18-11-19-16/h6-7,10-15H,1-5,8-9,17H2,(H,18,19)/t13-,14+,15+/m0/s1. The highest BCUT2D eigenvalue weighted by molar-refractivity contribution is 5.20. The van der Waals surface area contributed by atoms with Gasteiger partial charge in [0.1, 0.15) is 0 Å². The van der Waals surface area contributed by atoms with Crippen LogP contribution in [0.2, 0.25) is 0 Å². The largest absolute Gasteiger partial charge is 0.348 e. The van der Waals surface area contributed by atoms with Crippen LogP contribution in [0.5, 0.6) is 0 Å². The monoisotopic (exact) mass is 259 g/mol. The van der Waals surface area contributed by atoms with E-state index in [2.05, 4.69) is 22.1 Å². The molecule has 0 radical (unpaired) electrons. The Labute approximate surface area is 115 Å². The number of imidazole rings is 1. The molecule has 3 nitrogen and oxygen atoms in total. The van der Waals surface area contributed by atoms with Crippen molar-refractivity contribution < 1.29 is 0 Å². The quantitative estimate of drug-likeness (QED) is 0.797. The molecule has 0 bridgehead atoms. The molecule has 0 amide bonds. The van der Waals surface area contributed by atoms with Gasteiger partial charge in [0, 0.05) is 23.9 Å². The van der Waals surface area contributed by atoms with Gasteiger partial charge >= 0.3 is 0 Å². The van der Waals surface area contributed by atoms with Crippen LogP contribution in [0.4, 0.5) is 0 Å². The summed E-state index contributed by atoms with van der Waals surface area (Å²) >= 11 is 0. The zero-order valence-corrected chi connectivity index (χ0v) is 11.6. The van der Waals surface area contributed by atoms with Crippen LogP contribution < -0.4 is 5.73 Å². The molecule has 2 saturated carbocycles. The third-order valence-electron chi connectivity index (χ3n) is 4.69. The minimum Gasteiger partial charge on any atom is -0.348 e. The fraction of sp³-hybridized carbons (Fsp3) is 0.688. The first-order chi connectivity index (χ1) is 9.33. The van der Waals surface area contributed by atoms with E-state index in [1.165, 1.54) is 50.6 Å². The topological polar surface area (TPSA) is 54.7 Å². The molecule has 104 valence electrons. The Morgan fingerprint density at radius 2 is 2.21 bits per heavy atom. The van der Waals surface area contributed by atoms with E-state index in [-0.39, 0.29) is 6.04 Å². The van der Waals surface area contributed by atoms with Gasteiger partial charge in [-0.1, -0.05) is 44.3 Å². The summed E-state index contributed by atoms with van der Waals surface area (Å²) < 4.78 is 0. The predicted molar refractivity (Wildman–Crippen MR) is 77.7 cm³/mol. The first kappa shape index (κ1) is 12.9. The van der Waals surface area contributed by atoms with Crippen LogP contribution in [-0.2, 0) is 0 Å². The van der Waals surface area contributed by atoms with Crippen molar-refractivity contribution in [3.8, 4) is 0 Å². The van der Waals surface area contributed by atoms with Crippen molar-refractivity contribution >= 4 is 0 Å². The molecule has 0 aliphatic heterocycles. The van der Waals surface area contributed by atoms with Gasteiger partial charge in [-0.2, -0.15) is 0 Å². The SMILES string of the molecule is N[C@H](C=C[C@H]1C[C@H]1c1cnc[nH]1)CC1CCCCC1. The molecule has 2 aliphatic carbocycles. The molecule has 0 aromatic carbocycles. The summed E-state index contributed by atoms with van der Waals surface area (Å²) in [6.45, 7) is 0. The average Bonchev–Trinajstić information content (AvgIpc) is 3.00. The Kier molecular flexibility index (Phi) is 4.02. The van der Waals surface area contributed by atoms with E-state index in [1.807, 2.05) is 6.20 Å². The number of nitrogens with zero attached hydrogens (tertiary/aromatic N) is 1. The highest BCUT2D eigenvalue weighted by atomic mass is 14.9. The Morgan fingerprint density at radius 1 is 1.37 bits per heavy atom. The first-order valence-electron chi connectivity index (χ1n) is 7.75. The molecular formula is C16H25N3. The molecule has 0 unspecified atom stereocenters. The number of allylic oxidation sites excluding steroid dienone is 1. The second-order valence-electron chi connectivity index (χ2n) is 6.30. The minimum atomic E-state index is 0.256. The highest BCUT2D eigenvalue weighted by Gasteiger charge is 2.37. The molecule has 2 aliphatic rings. The van der Waals surface area contributed by atoms with Crippen LogP contribution in [-0.4, -0.2) is 16.0 Å². The summed E-state index contributed by atoms with van der Waals surface area (Å²) in [5, 5.41) is 0. The minimum absolute atomic E-state index is 0.256. The van der Waals surface area contributed by atoms with Crippen LogP contribution in [0, 0.1) is 11.8 Å². The molecule has 3 atom stereocenters. The van der Waals surface area contributed by atoms with Gasteiger partial charge in [-0.25, -0.2) is 4.98 Å². The number of aromatic nitrogens is 2. The Balaban J connectivity index is 1.42. The van der Waals surface area contributed by atoms with Gasteiger partial charge in [-0.15, -0.1) is 0 Å². The van der Waals surface area contributed by atoms with Gasteiger partial charge in [0.15, 0.2) is 0 Å². The van der Waals surface area contributed by atoms with E-state index < -0.39 is 0 Å². The molecule has 1 aromatic rings. The Morgan fingerprint density at radius 3 is 2.95 bits per heavy atom. The van der Waals surface area contributed by atoms with E-state index in [9.17, 15) is 0 Å². The van der Waals surface area contributed by atoms with E-state index in [4.69, 9.17) is 5.73 Å². The first-order valence-corrected chi connectivity index (χ1v) is 7.75. The third kappa shape index (κ3) is 3.47. The number of rotatable bonds is 5. The molecule has 3 rings (SSSR count). The van der Waals surface area contributed by atoms with Crippen LogP contribution >= 0.6 is 0 Å². The number of nitrogens with two attached hydrogens (primary N) is 1. The number of aromatic amines is 1. The smallest absolute Gasteiger partial charge is 0.0921 e. The normalized spacial score (nSPS) is 29.7. The lowest BCUT2D eigenvalue weighted by Crippen LogP contribution is -2.22. The number of hydrogen-bond donors (Lipinski definition) is 2. The predicted octanol–water partition coefficient (Wildman–Crippen LogP) is 3.37. The van der Waals surface area contributed by atoms with Crippen LogP contribution in [0.15, 0.2) is 24.7 Å². The van der Waals surface area contributed by atoms with Crippen LogP contribution in [0.25, 0.3) is 0 Å². The summed E-state index contributed by atoms with van der Waals surface area (Å²) in [6.07, 6.45) is 17.7. The van der Waals surface area contributed by atoms with Crippen molar-refractivity contribution in [2.24, 2.45) is 17.6 Å². The molecule has 2 fully saturated rings. The van der Waals surface area contributed by atoms with Crippen molar-refractivity contribution in [1.82, 2.24) is 9.97 Å². The summed E-state index contributed by atoms with van der Waals surface area (Å²) in [7, 11) is 0. The Bertz CT molecular complexity index is 404. The van der Waals surface area contributed by atoms with Gasteiger partial charge in [0.2, 0.25) is 0 Å². The maximum atomic E-state index is 6.24. The molecule has 3 heteroatoms. The van der Waals surface area contributed by atoms with Crippen molar-refractivity contribution in [2.45, 2.75) is 56.9 Å². The number of hydrogen-bond acceptors (Lipinski definition) is 2. The summed E-state index contributed by atoms with van der Waals surface area (Å²) in [6, 6.07) is 0.256. The lowest BCUT2D eigenvalue weighted by Gasteiger charge is -2.23. The zero-order chi connectivity index (χ0) is 13.1. The molecule has 0 saturated heterocycles. The van der Waals surface area contributed by atoms with Gasteiger partial charge in [-0.3, -0.25) is 0 Å². The fourth-order valence-electron chi connectivity index (χ4n) is 3.43. The van der Waals surface area contributed by atoms with Gasteiger partial charge in [0.25, 0.3) is 0 Å². The number of nitrogens with one attached hydrogen (secondary N) is 1.